The topological polar surface area (TPSA) is 12.0 Å². The van der Waals surface area contributed by atoms with Gasteiger partial charge in [-0.05, 0) is 25.0 Å². The summed E-state index contributed by atoms with van der Waals surface area (Å²) in [5.41, 5.74) is 0.663. The Labute approximate surface area is 81.6 Å². The number of nitrogens with one attached hydrogen (secondary N) is 1. The molecule has 0 aliphatic heterocycles. The minimum atomic E-state index is -0.795. The molecule has 1 fully saturated rings. The number of hydrogen-bond acceptors (Lipinski definition) is 1. The SMILES string of the molecule is Cl.Fc1ccc(NC2CC2)cc1F. The Hall–Kier alpha value is -0.830. The van der Waals surface area contributed by atoms with Crippen molar-refractivity contribution >= 4 is 18.1 Å². The van der Waals surface area contributed by atoms with Crippen molar-refractivity contribution < 1.29 is 8.78 Å². The van der Waals surface area contributed by atoms with Crippen LogP contribution in [0.4, 0.5) is 14.5 Å². The third-order valence-electron chi connectivity index (χ3n) is 1.87. The van der Waals surface area contributed by atoms with E-state index in [0.29, 0.717) is 11.7 Å². The van der Waals surface area contributed by atoms with Gasteiger partial charge >= 0.3 is 0 Å². The molecule has 0 saturated heterocycles. The largest absolute Gasteiger partial charge is 0.382 e. The maximum Gasteiger partial charge on any atom is 0.160 e. The highest BCUT2D eigenvalue weighted by atomic mass is 35.5. The second-order valence-corrected chi connectivity index (χ2v) is 3.05. The Morgan fingerprint density at radius 2 is 1.85 bits per heavy atom. The van der Waals surface area contributed by atoms with Gasteiger partial charge in [0.25, 0.3) is 0 Å². The van der Waals surface area contributed by atoms with Crippen LogP contribution in [0.15, 0.2) is 18.2 Å². The maximum absolute atomic E-state index is 12.6. The molecule has 0 aromatic heterocycles. The monoisotopic (exact) mass is 205 g/mol. The van der Waals surface area contributed by atoms with Crippen molar-refractivity contribution in [3.63, 3.8) is 0 Å². The first-order valence-electron chi connectivity index (χ1n) is 3.97. The molecule has 4 heteroatoms. The lowest BCUT2D eigenvalue weighted by Gasteiger charge is -2.03. The Balaban J connectivity index is 0.000000845. The number of benzene rings is 1. The molecular formula is C9H10ClF2N. The minimum absolute atomic E-state index is 0. The van der Waals surface area contributed by atoms with E-state index in [9.17, 15) is 8.78 Å². The van der Waals surface area contributed by atoms with E-state index in [4.69, 9.17) is 0 Å². The third kappa shape index (κ3) is 2.56. The highest BCUT2D eigenvalue weighted by molar-refractivity contribution is 5.85. The summed E-state index contributed by atoms with van der Waals surface area (Å²) >= 11 is 0. The van der Waals surface area contributed by atoms with Crippen molar-refractivity contribution in [1.82, 2.24) is 0 Å². The van der Waals surface area contributed by atoms with Gasteiger partial charge in [-0.15, -0.1) is 12.4 Å². The maximum atomic E-state index is 12.6. The predicted molar refractivity (Wildman–Crippen MR) is 50.3 cm³/mol. The lowest BCUT2D eigenvalue weighted by atomic mass is 10.3. The number of rotatable bonds is 2. The number of halogens is 3. The predicted octanol–water partition coefficient (Wildman–Crippen LogP) is 2.96. The van der Waals surface area contributed by atoms with Gasteiger partial charge < -0.3 is 5.32 Å². The van der Waals surface area contributed by atoms with Crippen LogP contribution in [-0.4, -0.2) is 6.04 Å². The summed E-state index contributed by atoms with van der Waals surface area (Å²) in [7, 11) is 0. The minimum Gasteiger partial charge on any atom is -0.382 e. The molecule has 1 nitrogen and oxygen atoms in total. The summed E-state index contributed by atoms with van der Waals surface area (Å²) < 4.78 is 25.1. The average molecular weight is 206 g/mol. The van der Waals surface area contributed by atoms with Gasteiger partial charge in [-0.1, -0.05) is 0 Å². The molecule has 0 bridgehead atoms. The van der Waals surface area contributed by atoms with Crippen molar-refractivity contribution in [2.75, 3.05) is 5.32 Å². The molecule has 13 heavy (non-hydrogen) atoms. The fourth-order valence-electron chi connectivity index (χ4n) is 1.05. The van der Waals surface area contributed by atoms with Crippen molar-refractivity contribution in [3.8, 4) is 0 Å². The molecule has 0 amide bonds. The Morgan fingerprint density at radius 3 is 2.38 bits per heavy atom. The van der Waals surface area contributed by atoms with E-state index < -0.39 is 11.6 Å². The molecule has 0 radical (unpaired) electrons. The lowest BCUT2D eigenvalue weighted by Crippen LogP contribution is -2.01. The van der Waals surface area contributed by atoms with E-state index in [2.05, 4.69) is 5.32 Å². The van der Waals surface area contributed by atoms with Crippen LogP contribution in [0, 0.1) is 11.6 Å². The van der Waals surface area contributed by atoms with Gasteiger partial charge in [0.2, 0.25) is 0 Å². The summed E-state index contributed by atoms with van der Waals surface area (Å²) in [4.78, 5) is 0. The van der Waals surface area contributed by atoms with E-state index in [1.165, 1.54) is 6.07 Å². The first kappa shape index (κ1) is 10.3. The fourth-order valence-corrected chi connectivity index (χ4v) is 1.05. The van der Waals surface area contributed by atoms with Crippen molar-refractivity contribution in [2.24, 2.45) is 0 Å². The molecule has 1 saturated carbocycles. The summed E-state index contributed by atoms with van der Waals surface area (Å²) in [6, 6.07) is 4.35. The van der Waals surface area contributed by atoms with Gasteiger partial charge in [-0.2, -0.15) is 0 Å². The molecule has 1 aliphatic rings. The van der Waals surface area contributed by atoms with Gasteiger partial charge in [0, 0.05) is 17.8 Å². The van der Waals surface area contributed by atoms with Gasteiger partial charge in [-0.25, -0.2) is 8.78 Å². The van der Waals surface area contributed by atoms with Crippen LogP contribution in [0.25, 0.3) is 0 Å². The lowest BCUT2D eigenvalue weighted by molar-refractivity contribution is 0.509. The average Bonchev–Trinajstić information content (AvgIpc) is 2.81. The van der Waals surface area contributed by atoms with Gasteiger partial charge in [0.05, 0.1) is 0 Å². The van der Waals surface area contributed by atoms with Crippen molar-refractivity contribution in [2.45, 2.75) is 18.9 Å². The smallest absolute Gasteiger partial charge is 0.160 e. The zero-order valence-electron chi connectivity index (χ0n) is 6.89. The molecule has 0 spiro atoms. The normalized spacial score (nSPS) is 14.9. The van der Waals surface area contributed by atoms with Crippen LogP contribution < -0.4 is 5.32 Å². The molecule has 0 heterocycles. The summed E-state index contributed by atoms with van der Waals surface area (Å²) in [6.07, 6.45) is 2.25. The van der Waals surface area contributed by atoms with Crippen molar-refractivity contribution in [1.29, 1.82) is 0 Å². The highest BCUT2D eigenvalue weighted by Gasteiger charge is 2.20. The van der Waals surface area contributed by atoms with E-state index in [1.807, 2.05) is 0 Å². The summed E-state index contributed by atoms with van der Waals surface area (Å²) in [6.45, 7) is 0. The van der Waals surface area contributed by atoms with Crippen molar-refractivity contribution in [3.05, 3.63) is 29.8 Å². The second-order valence-electron chi connectivity index (χ2n) is 3.05. The molecule has 1 N–H and O–H groups in total. The van der Waals surface area contributed by atoms with E-state index in [1.54, 1.807) is 6.07 Å². The molecule has 0 atom stereocenters. The van der Waals surface area contributed by atoms with Gasteiger partial charge in [0.15, 0.2) is 11.6 Å². The molecule has 72 valence electrons. The molecule has 1 aliphatic carbocycles. The third-order valence-corrected chi connectivity index (χ3v) is 1.87. The van der Waals surface area contributed by atoms with Crippen LogP contribution in [-0.2, 0) is 0 Å². The number of anilines is 1. The van der Waals surface area contributed by atoms with Crippen LogP contribution in [0.3, 0.4) is 0 Å². The molecule has 2 rings (SSSR count). The fraction of sp³-hybridized carbons (Fsp3) is 0.333. The van der Waals surface area contributed by atoms with Gasteiger partial charge in [0.1, 0.15) is 0 Å². The van der Waals surface area contributed by atoms with Crippen LogP contribution in [0.5, 0.6) is 0 Å². The quantitative estimate of drug-likeness (QED) is 0.783. The summed E-state index contributed by atoms with van der Waals surface area (Å²) in [5.74, 6) is -1.59. The van der Waals surface area contributed by atoms with E-state index >= 15 is 0 Å². The van der Waals surface area contributed by atoms with E-state index in [-0.39, 0.29) is 12.4 Å². The molecule has 0 unspecified atom stereocenters. The van der Waals surface area contributed by atoms with Gasteiger partial charge in [-0.3, -0.25) is 0 Å². The molecule has 1 aromatic rings. The molecular weight excluding hydrogens is 196 g/mol. The van der Waals surface area contributed by atoms with Crippen LogP contribution in [0.1, 0.15) is 12.8 Å². The standard InChI is InChI=1S/C9H9F2N.ClH/c10-8-4-3-7(5-9(8)11)12-6-1-2-6;/h3-6,12H,1-2H2;1H. The first-order valence-corrected chi connectivity index (χ1v) is 3.97. The molecule has 1 aromatic carbocycles. The van der Waals surface area contributed by atoms with E-state index in [0.717, 1.165) is 18.9 Å². The first-order chi connectivity index (χ1) is 5.75. The highest BCUT2D eigenvalue weighted by Crippen LogP contribution is 2.25. The zero-order chi connectivity index (χ0) is 8.55. The number of hydrogen-bond donors (Lipinski definition) is 1. The zero-order valence-corrected chi connectivity index (χ0v) is 7.70. The summed E-state index contributed by atoms with van der Waals surface area (Å²) in [5, 5.41) is 3.08. The Kier molecular flexibility index (Phi) is 3.09. The Morgan fingerprint density at radius 1 is 1.15 bits per heavy atom. The second kappa shape index (κ2) is 3.92. The van der Waals surface area contributed by atoms with Crippen LogP contribution in [0.2, 0.25) is 0 Å². The van der Waals surface area contributed by atoms with Crippen LogP contribution >= 0.6 is 12.4 Å². The Bertz CT molecular complexity index is 300.